The number of rotatable bonds is 7. The third-order valence-electron chi connectivity index (χ3n) is 4.71. The first-order valence-corrected chi connectivity index (χ1v) is 10.9. The van der Waals surface area contributed by atoms with Gasteiger partial charge in [-0.3, -0.25) is 4.79 Å². The Balaban J connectivity index is 2.18. The number of carbonyl (C=O) groups excluding carboxylic acids is 1. The van der Waals surface area contributed by atoms with Crippen LogP contribution in [0.5, 0.6) is 0 Å². The molecule has 1 atom stereocenters. The van der Waals surface area contributed by atoms with E-state index in [1.54, 1.807) is 0 Å². The zero-order valence-electron chi connectivity index (χ0n) is 16.9. The second-order valence-electron chi connectivity index (χ2n) is 7.76. The second kappa shape index (κ2) is 8.64. The molecular weight excluding hydrogens is 396 g/mol. The van der Waals surface area contributed by atoms with Crippen LogP contribution in [0.3, 0.4) is 0 Å². The van der Waals surface area contributed by atoms with Crippen molar-refractivity contribution in [2.24, 2.45) is 0 Å². The van der Waals surface area contributed by atoms with E-state index in [2.05, 4.69) is 31.3 Å². The highest BCUT2D eigenvalue weighted by Crippen LogP contribution is 2.28. The lowest BCUT2D eigenvalue weighted by atomic mass is 9.79. The molecule has 0 aliphatic rings. The molecule has 2 rings (SSSR count). The summed E-state index contributed by atoms with van der Waals surface area (Å²) in [4.78, 5) is 12.8. The van der Waals surface area contributed by atoms with E-state index in [0.29, 0.717) is 0 Å². The third kappa shape index (κ3) is 5.13. The molecule has 0 aliphatic heterocycles. The molecule has 0 fully saturated rings. The van der Waals surface area contributed by atoms with Gasteiger partial charge in [0.15, 0.2) is 0 Å². The number of nitrogens with one attached hydrogen (secondary N) is 1. The first kappa shape index (κ1) is 22.4. The van der Waals surface area contributed by atoms with Crippen LogP contribution in [-0.2, 0) is 15.4 Å². The SMILES string of the molecule is CC(CC(C)(C)c1ccccc1)NC(=O)c1cc(S(=O)(=O)N(C)C)ccc1Cl. The first-order chi connectivity index (χ1) is 12.9. The Kier molecular flexibility index (Phi) is 6.91. The summed E-state index contributed by atoms with van der Waals surface area (Å²) in [6, 6.07) is 14.1. The highest BCUT2D eigenvalue weighted by atomic mass is 35.5. The summed E-state index contributed by atoms with van der Waals surface area (Å²) >= 11 is 6.16. The fraction of sp³-hybridized carbons (Fsp3) is 0.381. The lowest BCUT2D eigenvalue weighted by Gasteiger charge is -2.29. The maximum Gasteiger partial charge on any atom is 0.253 e. The van der Waals surface area contributed by atoms with E-state index in [1.165, 1.54) is 37.9 Å². The van der Waals surface area contributed by atoms with Gasteiger partial charge in [-0.25, -0.2) is 12.7 Å². The van der Waals surface area contributed by atoms with Gasteiger partial charge in [-0.2, -0.15) is 0 Å². The van der Waals surface area contributed by atoms with Gasteiger partial charge in [0.25, 0.3) is 5.91 Å². The van der Waals surface area contributed by atoms with Crippen molar-refractivity contribution in [3.05, 3.63) is 64.7 Å². The number of nitrogens with zero attached hydrogens (tertiary/aromatic N) is 1. The van der Waals surface area contributed by atoms with Gasteiger partial charge < -0.3 is 5.32 Å². The number of hydrogen-bond donors (Lipinski definition) is 1. The van der Waals surface area contributed by atoms with E-state index < -0.39 is 15.9 Å². The summed E-state index contributed by atoms with van der Waals surface area (Å²) in [5.41, 5.74) is 1.20. The van der Waals surface area contributed by atoms with Crippen LogP contribution in [0.15, 0.2) is 53.4 Å². The highest BCUT2D eigenvalue weighted by Gasteiger charge is 2.25. The Hall–Kier alpha value is -1.89. The molecule has 152 valence electrons. The third-order valence-corrected chi connectivity index (χ3v) is 6.85. The normalized spacial score (nSPS) is 13.4. The minimum atomic E-state index is -3.65. The van der Waals surface area contributed by atoms with Gasteiger partial charge in [-0.15, -0.1) is 0 Å². The lowest BCUT2D eigenvalue weighted by molar-refractivity contribution is 0.0934. The fourth-order valence-corrected chi connectivity index (χ4v) is 4.31. The summed E-state index contributed by atoms with van der Waals surface area (Å²) in [6.07, 6.45) is 0.718. The summed E-state index contributed by atoms with van der Waals surface area (Å²) in [5.74, 6) is -0.392. The molecule has 0 aliphatic carbocycles. The topological polar surface area (TPSA) is 66.5 Å². The molecule has 5 nitrogen and oxygen atoms in total. The molecule has 1 amide bonds. The van der Waals surface area contributed by atoms with Crippen molar-refractivity contribution >= 4 is 27.5 Å². The van der Waals surface area contributed by atoms with Crippen molar-refractivity contribution in [1.29, 1.82) is 0 Å². The number of sulfonamides is 1. The van der Waals surface area contributed by atoms with Crippen LogP contribution in [0.1, 0.15) is 43.1 Å². The fourth-order valence-electron chi connectivity index (χ4n) is 3.17. The molecule has 2 aromatic carbocycles. The number of hydrogen-bond acceptors (Lipinski definition) is 3. The first-order valence-electron chi connectivity index (χ1n) is 9.03. The standard InChI is InChI=1S/C21H27ClN2O3S/c1-15(14-21(2,3)16-9-7-6-8-10-16)23-20(25)18-13-17(11-12-19(18)22)28(26,27)24(4)5/h6-13,15H,14H2,1-5H3,(H,23,25). The van der Waals surface area contributed by atoms with Gasteiger partial charge in [-0.05, 0) is 42.5 Å². The van der Waals surface area contributed by atoms with E-state index in [-0.39, 0.29) is 26.9 Å². The molecule has 1 unspecified atom stereocenters. The van der Waals surface area contributed by atoms with Crippen LogP contribution in [0.4, 0.5) is 0 Å². The van der Waals surface area contributed by atoms with E-state index in [1.807, 2.05) is 25.1 Å². The molecule has 7 heteroatoms. The molecule has 0 heterocycles. The molecular formula is C21H27ClN2O3S. The van der Waals surface area contributed by atoms with E-state index >= 15 is 0 Å². The zero-order chi connectivity index (χ0) is 21.1. The number of amides is 1. The quantitative estimate of drug-likeness (QED) is 0.731. The Morgan fingerprint density at radius 1 is 1.14 bits per heavy atom. The molecule has 0 radical (unpaired) electrons. The largest absolute Gasteiger partial charge is 0.350 e. The predicted molar refractivity (Wildman–Crippen MR) is 113 cm³/mol. The van der Waals surface area contributed by atoms with Crippen LogP contribution in [0.25, 0.3) is 0 Å². The van der Waals surface area contributed by atoms with Crippen LogP contribution in [-0.4, -0.2) is 38.8 Å². The van der Waals surface area contributed by atoms with Crippen LogP contribution < -0.4 is 5.32 Å². The average molecular weight is 423 g/mol. The molecule has 28 heavy (non-hydrogen) atoms. The average Bonchev–Trinajstić information content (AvgIpc) is 2.61. The summed E-state index contributed by atoms with van der Waals surface area (Å²) in [7, 11) is -0.765. The van der Waals surface area contributed by atoms with Gasteiger partial charge in [0.05, 0.1) is 15.5 Å². The van der Waals surface area contributed by atoms with Gasteiger partial charge >= 0.3 is 0 Å². The number of benzene rings is 2. The molecule has 2 aromatic rings. The maximum absolute atomic E-state index is 12.7. The minimum absolute atomic E-state index is 0.0318. The van der Waals surface area contributed by atoms with Crippen LogP contribution >= 0.6 is 11.6 Å². The Labute approximate surface area is 172 Å². The van der Waals surface area contributed by atoms with Gasteiger partial charge in [0.2, 0.25) is 10.0 Å². The van der Waals surface area contributed by atoms with Crippen molar-refractivity contribution in [2.75, 3.05) is 14.1 Å². The monoisotopic (exact) mass is 422 g/mol. The minimum Gasteiger partial charge on any atom is -0.350 e. The number of halogens is 1. The highest BCUT2D eigenvalue weighted by molar-refractivity contribution is 7.89. The summed E-state index contributed by atoms with van der Waals surface area (Å²) < 4.78 is 25.8. The van der Waals surface area contributed by atoms with Crippen molar-refractivity contribution in [2.45, 2.75) is 43.5 Å². The van der Waals surface area contributed by atoms with E-state index in [9.17, 15) is 13.2 Å². The van der Waals surface area contributed by atoms with Crippen LogP contribution in [0, 0.1) is 0 Å². The number of carbonyl (C=O) groups is 1. The van der Waals surface area contributed by atoms with Crippen molar-refractivity contribution in [3.63, 3.8) is 0 Å². The smallest absolute Gasteiger partial charge is 0.253 e. The van der Waals surface area contributed by atoms with Crippen molar-refractivity contribution < 1.29 is 13.2 Å². The summed E-state index contributed by atoms with van der Waals surface area (Å²) in [6.45, 7) is 6.18. The molecule has 0 bridgehead atoms. The maximum atomic E-state index is 12.7. The zero-order valence-corrected chi connectivity index (χ0v) is 18.4. The van der Waals surface area contributed by atoms with Crippen molar-refractivity contribution in [3.8, 4) is 0 Å². The second-order valence-corrected chi connectivity index (χ2v) is 10.3. The Morgan fingerprint density at radius 2 is 1.75 bits per heavy atom. The van der Waals surface area contributed by atoms with Gasteiger partial charge in [0.1, 0.15) is 0 Å². The molecule has 0 aromatic heterocycles. The van der Waals surface area contributed by atoms with E-state index in [4.69, 9.17) is 11.6 Å². The van der Waals surface area contributed by atoms with Crippen LogP contribution in [0.2, 0.25) is 5.02 Å². The predicted octanol–water partition coefficient (Wildman–Crippen LogP) is 4.08. The molecule has 0 saturated heterocycles. The summed E-state index contributed by atoms with van der Waals surface area (Å²) in [5, 5.41) is 3.15. The molecule has 0 spiro atoms. The Bertz CT molecular complexity index is 941. The van der Waals surface area contributed by atoms with E-state index in [0.717, 1.165) is 10.7 Å². The molecule has 0 saturated carbocycles. The lowest BCUT2D eigenvalue weighted by Crippen LogP contribution is -2.37. The van der Waals surface area contributed by atoms with Gasteiger partial charge in [-0.1, -0.05) is 55.8 Å². The Morgan fingerprint density at radius 3 is 2.32 bits per heavy atom. The van der Waals surface area contributed by atoms with Gasteiger partial charge in [0, 0.05) is 20.1 Å². The molecule has 1 N–H and O–H groups in total. The van der Waals surface area contributed by atoms with Crippen molar-refractivity contribution in [1.82, 2.24) is 9.62 Å².